The molecule has 0 saturated carbocycles. The summed E-state index contributed by atoms with van der Waals surface area (Å²) in [5.41, 5.74) is 10.6. The molecule has 0 unspecified atom stereocenters. The third kappa shape index (κ3) is 2.79. The van der Waals surface area contributed by atoms with Gasteiger partial charge in [-0.15, -0.1) is 0 Å². The Kier molecular flexibility index (Phi) is 3.83. The molecule has 0 saturated heterocycles. The van der Waals surface area contributed by atoms with Crippen LogP contribution in [0.15, 0.2) is 34.8 Å². The molecule has 3 N–H and O–H groups in total. The van der Waals surface area contributed by atoms with Crippen LogP contribution in [0.1, 0.15) is 11.1 Å². The molecule has 4 heteroatoms. The number of nitrogen functional groups attached to an aromatic ring is 1. The van der Waals surface area contributed by atoms with Gasteiger partial charge in [-0.05, 0) is 65.2 Å². The lowest BCUT2D eigenvalue weighted by Crippen LogP contribution is -1.96. The standard InChI is InChI=1S/C14H14BrClN2/c1-8-3-4-13(10(15)5-8)18-14-7-11(16)12(17)6-9(14)2/h3-7,18H,17H2,1-2H3. The van der Waals surface area contributed by atoms with Crippen LogP contribution in [0.4, 0.5) is 17.1 Å². The maximum absolute atomic E-state index is 6.04. The Hall–Kier alpha value is -1.19. The van der Waals surface area contributed by atoms with Crippen LogP contribution in [-0.4, -0.2) is 0 Å². The van der Waals surface area contributed by atoms with Crippen LogP contribution in [0.2, 0.25) is 5.02 Å². The Balaban J connectivity index is 2.37. The van der Waals surface area contributed by atoms with Gasteiger partial charge >= 0.3 is 0 Å². The Morgan fingerprint density at radius 2 is 1.83 bits per heavy atom. The lowest BCUT2D eigenvalue weighted by molar-refractivity contribution is 1.40. The molecule has 0 amide bonds. The molecular weight excluding hydrogens is 312 g/mol. The molecule has 0 aliphatic carbocycles. The van der Waals surface area contributed by atoms with Crippen molar-refractivity contribution in [3.05, 3.63) is 51.0 Å². The lowest BCUT2D eigenvalue weighted by Gasteiger charge is -2.13. The molecular formula is C14H14BrClN2. The molecule has 18 heavy (non-hydrogen) atoms. The van der Waals surface area contributed by atoms with Gasteiger partial charge in [-0.2, -0.15) is 0 Å². The Labute approximate surface area is 120 Å². The summed E-state index contributed by atoms with van der Waals surface area (Å²) >= 11 is 9.58. The van der Waals surface area contributed by atoms with Crippen molar-refractivity contribution in [2.75, 3.05) is 11.1 Å². The summed E-state index contributed by atoms with van der Waals surface area (Å²) in [4.78, 5) is 0. The number of nitrogens with one attached hydrogen (secondary N) is 1. The van der Waals surface area contributed by atoms with Crippen molar-refractivity contribution in [1.82, 2.24) is 0 Å². The molecule has 0 spiro atoms. The first-order chi connectivity index (χ1) is 8.47. The fraction of sp³-hybridized carbons (Fsp3) is 0.143. The number of nitrogens with two attached hydrogens (primary N) is 1. The highest BCUT2D eigenvalue weighted by molar-refractivity contribution is 9.10. The minimum atomic E-state index is 0.561. The molecule has 94 valence electrons. The van der Waals surface area contributed by atoms with Gasteiger partial charge in [0.2, 0.25) is 0 Å². The Bertz CT molecular complexity index is 597. The van der Waals surface area contributed by atoms with Crippen LogP contribution >= 0.6 is 27.5 Å². The van der Waals surface area contributed by atoms with Gasteiger partial charge in [0.25, 0.3) is 0 Å². The largest absolute Gasteiger partial charge is 0.398 e. The minimum Gasteiger partial charge on any atom is -0.398 e. The SMILES string of the molecule is Cc1ccc(Nc2cc(Cl)c(N)cc2C)c(Br)c1. The fourth-order valence-corrected chi connectivity index (χ4v) is 2.46. The zero-order chi connectivity index (χ0) is 13.3. The monoisotopic (exact) mass is 324 g/mol. The predicted octanol–water partition coefficient (Wildman–Crippen LogP) is 5.05. The van der Waals surface area contributed by atoms with E-state index in [0.717, 1.165) is 21.4 Å². The number of rotatable bonds is 2. The van der Waals surface area contributed by atoms with Crippen LogP contribution in [0.5, 0.6) is 0 Å². The van der Waals surface area contributed by atoms with Crippen LogP contribution in [0.3, 0.4) is 0 Å². The van der Waals surface area contributed by atoms with Gasteiger partial charge in [-0.3, -0.25) is 0 Å². The zero-order valence-electron chi connectivity index (χ0n) is 10.2. The number of halogens is 2. The summed E-state index contributed by atoms with van der Waals surface area (Å²) in [5.74, 6) is 0. The molecule has 0 aromatic heterocycles. The zero-order valence-corrected chi connectivity index (χ0v) is 12.6. The van der Waals surface area contributed by atoms with E-state index in [1.54, 1.807) is 0 Å². The van der Waals surface area contributed by atoms with E-state index in [4.69, 9.17) is 17.3 Å². The maximum atomic E-state index is 6.04. The Morgan fingerprint density at radius 3 is 2.50 bits per heavy atom. The highest BCUT2D eigenvalue weighted by atomic mass is 79.9. The normalized spacial score (nSPS) is 10.4. The summed E-state index contributed by atoms with van der Waals surface area (Å²) in [6, 6.07) is 9.87. The molecule has 0 atom stereocenters. The van der Waals surface area contributed by atoms with Gasteiger partial charge in [0.1, 0.15) is 0 Å². The first kappa shape index (κ1) is 13.2. The van der Waals surface area contributed by atoms with Crippen LogP contribution < -0.4 is 11.1 Å². The summed E-state index contributed by atoms with van der Waals surface area (Å²) in [6.07, 6.45) is 0. The summed E-state index contributed by atoms with van der Waals surface area (Å²) < 4.78 is 1.02. The fourth-order valence-electron chi connectivity index (χ4n) is 1.71. The van der Waals surface area contributed by atoms with Crippen LogP contribution in [-0.2, 0) is 0 Å². The minimum absolute atomic E-state index is 0.561. The molecule has 0 radical (unpaired) electrons. The molecule has 0 bridgehead atoms. The van der Waals surface area contributed by atoms with Crippen molar-refractivity contribution in [2.45, 2.75) is 13.8 Å². The average molecular weight is 326 g/mol. The third-order valence-corrected chi connectivity index (χ3v) is 3.72. The van der Waals surface area contributed by atoms with Crippen LogP contribution in [0, 0.1) is 13.8 Å². The van der Waals surface area contributed by atoms with E-state index in [0.29, 0.717) is 10.7 Å². The van der Waals surface area contributed by atoms with E-state index < -0.39 is 0 Å². The van der Waals surface area contributed by atoms with Gasteiger partial charge in [0, 0.05) is 10.2 Å². The topological polar surface area (TPSA) is 38.0 Å². The second-order valence-corrected chi connectivity index (χ2v) is 5.56. The molecule has 2 aromatic rings. The highest BCUT2D eigenvalue weighted by Gasteiger charge is 2.06. The first-order valence-corrected chi connectivity index (χ1v) is 6.73. The lowest BCUT2D eigenvalue weighted by atomic mass is 10.1. The van der Waals surface area contributed by atoms with Gasteiger partial charge in [-0.1, -0.05) is 17.7 Å². The summed E-state index contributed by atoms with van der Waals surface area (Å²) in [5, 5.41) is 3.91. The second kappa shape index (κ2) is 5.21. The van der Waals surface area contributed by atoms with E-state index in [2.05, 4.69) is 40.3 Å². The number of aryl methyl sites for hydroxylation is 2. The second-order valence-electron chi connectivity index (χ2n) is 4.30. The Morgan fingerprint density at radius 1 is 1.11 bits per heavy atom. The maximum Gasteiger partial charge on any atom is 0.0656 e. The quantitative estimate of drug-likeness (QED) is 0.759. The molecule has 2 rings (SSSR count). The van der Waals surface area contributed by atoms with Crippen molar-refractivity contribution in [1.29, 1.82) is 0 Å². The molecule has 0 aliphatic heterocycles. The number of hydrogen-bond donors (Lipinski definition) is 2. The van der Waals surface area contributed by atoms with Crippen molar-refractivity contribution in [2.24, 2.45) is 0 Å². The van der Waals surface area contributed by atoms with Crippen molar-refractivity contribution >= 4 is 44.6 Å². The van der Waals surface area contributed by atoms with Crippen molar-refractivity contribution in [3.63, 3.8) is 0 Å². The molecule has 0 aliphatic rings. The third-order valence-electron chi connectivity index (χ3n) is 2.74. The molecule has 2 aromatic carbocycles. The van der Waals surface area contributed by atoms with Crippen molar-refractivity contribution in [3.8, 4) is 0 Å². The molecule has 0 heterocycles. The van der Waals surface area contributed by atoms with E-state index in [-0.39, 0.29) is 0 Å². The number of hydrogen-bond acceptors (Lipinski definition) is 2. The average Bonchev–Trinajstić information content (AvgIpc) is 2.29. The van der Waals surface area contributed by atoms with Crippen molar-refractivity contribution < 1.29 is 0 Å². The van der Waals surface area contributed by atoms with Gasteiger partial charge in [0.05, 0.1) is 16.4 Å². The van der Waals surface area contributed by atoms with E-state index in [1.807, 2.05) is 25.1 Å². The molecule has 0 fully saturated rings. The first-order valence-electron chi connectivity index (χ1n) is 5.56. The predicted molar refractivity (Wildman–Crippen MR) is 82.8 cm³/mol. The smallest absolute Gasteiger partial charge is 0.0656 e. The summed E-state index contributed by atoms with van der Waals surface area (Å²) in [7, 11) is 0. The van der Waals surface area contributed by atoms with E-state index in [9.17, 15) is 0 Å². The molecule has 2 nitrogen and oxygen atoms in total. The van der Waals surface area contributed by atoms with E-state index >= 15 is 0 Å². The highest BCUT2D eigenvalue weighted by Crippen LogP contribution is 2.32. The number of benzene rings is 2. The van der Waals surface area contributed by atoms with Gasteiger partial charge in [-0.25, -0.2) is 0 Å². The summed E-state index contributed by atoms with van der Waals surface area (Å²) in [6.45, 7) is 4.05. The van der Waals surface area contributed by atoms with Gasteiger partial charge in [0.15, 0.2) is 0 Å². The van der Waals surface area contributed by atoms with Crippen LogP contribution in [0.25, 0.3) is 0 Å². The van der Waals surface area contributed by atoms with E-state index in [1.165, 1.54) is 5.56 Å². The van der Waals surface area contributed by atoms with Gasteiger partial charge < -0.3 is 11.1 Å². The number of anilines is 3.